The van der Waals surface area contributed by atoms with Crippen LogP contribution in [0.3, 0.4) is 0 Å². The van der Waals surface area contributed by atoms with Crippen LogP contribution in [0.15, 0.2) is 34.6 Å². The van der Waals surface area contributed by atoms with Gasteiger partial charge in [-0.25, -0.2) is 4.99 Å². The first-order chi connectivity index (χ1) is 12.3. The van der Waals surface area contributed by atoms with Crippen LogP contribution >= 0.6 is 22.7 Å². The van der Waals surface area contributed by atoms with Gasteiger partial charge in [-0.2, -0.15) is 0 Å². The first kappa shape index (κ1) is 18.3. The number of nitrogens with one attached hydrogen (secondary N) is 2. The van der Waals surface area contributed by atoms with E-state index in [0.29, 0.717) is 6.04 Å². The molecule has 4 nitrogen and oxygen atoms in total. The molecule has 1 aliphatic heterocycles. The molecule has 1 aliphatic rings. The minimum absolute atomic E-state index is 0.503. The number of nitrogens with zero attached hydrogens (tertiary/aromatic N) is 2. The largest absolute Gasteiger partial charge is 0.363 e. The van der Waals surface area contributed by atoms with Crippen molar-refractivity contribution < 1.29 is 0 Å². The molecule has 6 heteroatoms. The lowest BCUT2D eigenvalue weighted by molar-refractivity contribution is 0.463. The van der Waals surface area contributed by atoms with E-state index in [9.17, 15) is 0 Å². The van der Waals surface area contributed by atoms with Crippen LogP contribution in [0, 0.1) is 0 Å². The van der Waals surface area contributed by atoms with E-state index in [4.69, 9.17) is 4.99 Å². The number of aliphatic imine (C=N–C) groups is 1. The van der Waals surface area contributed by atoms with Crippen molar-refractivity contribution in [1.29, 1.82) is 0 Å². The molecular formula is C19H28N4S2. The summed E-state index contributed by atoms with van der Waals surface area (Å²) in [6.45, 7) is 8.20. The molecule has 0 unspecified atom stereocenters. The zero-order valence-corrected chi connectivity index (χ0v) is 16.8. The van der Waals surface area contributed by atoms with E-state index in [1.54, 1.807) is 0 Å². The summed E-state index contributed by atoms with van der Waals surface area (Å²) < 4.78 is 0. The van der Waals surface area contributed by atoms with Crippen LogP contribution in [0.2, 0.25) is 0 Å². The van der Waals surface area contributed by atoms with Crippen LogP contribution in [0.5, 0.6) is 0 Å². The van der Waals surface area contributed by atoms with Crippen molar-refractivity contribution >= 4 is 33.6 Å². The molecular weight excluding hydrogens is 348 g/mol. The molecule has 3 rings (SSSR count). The molecule has 1 saturated heterocycles. The summed E-state index contributed by atoms with van der Waals surface area (Å²) in [4.78, 5) is 10.0. The molecule has 0 aromatic carbocycles. The summed E-state index contributed by atoms with van der Waals surface area (Å²) in [5.74, 6) is 0.948. The SMILES string of the molecule is CCNC(=NCc1ccc(CC)s1)NC1CCN(c2cccs2)CC1. The molecule has 0 amide bonds. The van der Waals surface area contributed by atoms with Gasteiger partial charge in [-0.1, -0.05) is 6.92 Å². The van der Waals surface area contributed by atoms with Gasteiger partial charge in [0.25, 0.3) is 0 Å². The summed E-state index contributed by atoms with van der Waals surface area (Å²) >= 11 is 3.70. The van der Waals surface area contributed by atoms with E-state index in [1.165, 1.54) is 14.8 Å². The highest BCUT2D eigenvalue weighted by atomic mass is 32.1. The Balaban J connectivity index is 1.52. The molecule has 2 aromatic heterocycles. The van der Waals surface area contributed by atoms with Crippen LogP contribution in [0.1, 0.15) is 36.4 Å². The normalized spacial score (nSPS) is 16.2. The van der Waals surface area contributed by atoms with Crippen molar-refractivity contribution in [2.45, 2.75) is 45.7 Å². The van der Waals surface area contributed by atoms with Gasteiger partial charge in [-0.05, 0) is 55.8 Å². The van der Waals surface area contributed by atoms with Crippen molar-refractivity contribution in [1.82, 2.24) is 10.6 Å². The van der Waals surface area contributed by atoms with E-state index in [-0.39, 0.29) is 0 Å². The molecule has 25 heavy (non-hydrogen) atoms. The Bertz CT molecular complexity index is 655. The molecule has 0 aliphatic carbocycles. The zero-order valence-electron chi connectivity index (χ0n) is 15.1. The van der Waals surface area contributed by atoms with E-state index in [2.05, 4.69) is 59.0 Å². The average molecular weight is 377 g/mol. The van der Waals surface area contributed by atoms with Crippen LogP contribution < -0.4 is 15.5 Å². The highest BCUT2D eigenvalue weighted by molar-refractivity contribution is 7.14. The quantitative estimate of drug-likeness (QED) is 0.589. The average Bonchev–Trinajstić information content (AvgIpc) is 3.32. The summed E-state index contributed by atoms with van der Waals surface area (Å²) in [6, 6.07) is 9.28. The van der Waals surface area contributed by atoms with Crippen molar-refractivity contribution in [3.05, 3.63) is 39.4 Å². The third kappa shape index (κ3) is 5.22. The molecule has 136 valence electrons. The number of aryl methyl sites for hydroxylation is 1. The maximum Gasteiger partial charge on any atom is 0.191 e. The van der Waals surface area contributed by atoms with Crippen LogP contribution in [-0.4, -0.2) is 31.6 Å². The Labute approximate surface area is 159 Å². The molecule has 0 bridgehead atoms. The van der Waals surface area contributed by atoms with Gasteiger partial charge >= 0.3 is 0 Å². The second-order valence-electron chi connectivity index (χ2n) is 6.27. The Morgan fingerprint density at radius 1 is 1.20 bits per heavy atom. The fourth-order valence-corrected chi connectivity index (χ4v) is 4.73. The van der Waals surface area contributed by atoms with Crippen molar-refractivity contribution in [3.63, 3.8) is 0 Å². The van der Waals surface area contributed by atoms with Crippen LogP contribution in [-0.2, 0) is 13.0 Å². The lowest BCUT2D eigenvalue weighted by Crippen LogP contribution is -2.48. The third-order valence-corrected chi connectivity index (χ3v) is 6.60. The van der Waals surface area contributed by atoms with Gasteiger partial charge in [0.2, 0.25) is 0 Å². The third-order valence-electron chi connectivity index (χ3n) is 4.46. The van der Waals surface area contributed by atoms with Gasteiger partial charge in [0.1, 0.15) is 0 Å². The summed E-state index contributed by atoms with van der Waals surface area (Å²) in [7, 11) is 0. The first-order valence-corrected chi connectivity index (χ1v) is 10.9. The molecule has 1 fully saturated rings. The van der Waals surface area contributed by atoms with Gasteiger partial charge < -0.3 is 15.5 Å². The second-order valence-corrected chi connectivity index (χ2v) is 8.45. The standard InChI is InChI=1S/C19H28N4S2/c1-3-16-7-8-17(25-16)14-21-19(20-4-2)22-15-9-11-23(12-10-15)18-6-5-13-24-18/h5-8,13,15H,3-4,9-12,14H2,1-2H3,(H2,20,21,22). The van der Waals surface area contributed by atoms with Crippen molar-refractivity contribution in [3.8, 4) is 0 Å². The molecule has 0 spiro atoms. The van der Waals surface area contributed by atoms with Crippen LogP contribution in [0.25, 0.3) is 0 Å². The predicted molar refractivity (Wildman–Crippen MR) is 111 cm³/mol. The summed E-state index contributed by atoms with van der Waals surface area (Å²) in [5.41, 5.74) is 0. The molecule has 3 heterocycles. The maximum absolute atomic E-state index is 4.79. The van der Waals surface area contributed by atoms with E-state index in [0.717, 1.165) is 51.4 Å². The summed E-state index contributed by atoms with van der Waals surface area (Å²) in [5, 5.41) is 10.6. The molecule has 0 atom stereocenters. The number of thiophene rings is 2. The lowest BCUT2D eigenvalue weighted by atomic mass is 10.1. The second kappa shape index (κ2) is 9.25. The predicted octanol–water partition coefficient (Wildman–Crippen LogP) is 4.10. The van der Waals surface area contributed by atoms with Crippen molar-refractivity contribution in [2.24, 2.45) is 4.99 Å². The van der Waals surface area contributed by atoms with Crippen LogP contribution in [0.4, 0.5) is 5.00 Å². The minimum Gasteiger partial charge on any atom is -0.363 e. The fraction of sp³-hybridized carbons (Fsp3) is 0.526. The number of hydrogen-bond donors (Lipinski definition) is 2. The van der Waals surface area contributed by atoms with E-state index >= 15 is 0 Å². The number of guanidine groups is 1. The number of rotatable bonds is 6. The monoisotopic (exact) mass is 376 g/mol. The Kier molecular flexibility index (Phi) is 6.76. The number of hydrogen-bond acceptors (Lipinski definition) is 4. The molecule has 0 radical (unpaired) electrons. The molecule has 0 saturated carbocycles. The van der Waals surface area contributed by atoms with Gasteiger partial charge in [0, 0.05) is 35.4 Å². The lowest BCUT2D eigenvalue weighted by Gasteiger charge is -2.33. The number of anilines is 1. The first-order valence-electron chi connectivity index (χ1n) is 9.19. The van der Waals surface area contributed by atoms with Gasteiger partial charge in [-0.15, -0.1) is 22.7 Å². The topological polar surface area (TPSA) is 39.7 Å². The Morgan fingerprint density at radius 3 is 2.64 bits per heavy atom. The van der Waals surface area contributed by atoms with Crippen molar-refractivity contribution in [2.75, 3.05) is 24.5 Å². The Hall–Kier alpha value is -1.53. The maximum atomic E-state index is 4.79. The smallest absolute Gasteiger partial charge is 0.191 e. The van der Waals surface area contributed by atoms with E-state index < -0.39 is 0 Å². The molecule has 2 N–H and O–H groups in total. The highest BCUT2D eigenvalue weighted by Crippen LogP contribution is 2.24. The minimum atomic E-state index is 0.503. The Morgan fingerprint density at radius 2 is 2.00 bits per heavy atom. The molecule has 2 aromatic rings. The summed E-state index contributed by atoms with van der Waals surface area (Å²) in [6.07, 6.45) is 3.41. The van der Waals surface area contributed by atoms with E-state index in [1.807, 2.05) is 22.7 Å². The van der Waals surface area contributed by atoms with Gasteiger partial charge in [0.05, 0.1) is 11.5 Å². The fourth-order valence-electron chi connectivity index (χ4n) is 3.06. The van der Waals surface area contributed by atoms with Gasteiger partial charge in [0.15, 0.2) is 5.96 Å². The zero-order chi connectivity index (χ0) is 17.5. The number of piperidine rings is 1. The highest BCUT2D eigenvalue weighted by Gasteiger charge is 2.20. The van der Waals surface area contributed by atoms with Gasteiger partial charge in [-0.3, -0.25) is 0 Å².